The Kier molecular flexibility index (Phi) is 5.05. The topological polar surface area (TPSA) is 73.2 Å². The van der Waals surface area contributed by atoms with E-state index in [0.717, 1.165) is 65.1 Å². The Hall–Kier alpha value is -3.17. The SMILES string of the molecule is Cc1ccccc1[C@H]1C(C#N)=C2NC(=O)c3c(sc4c3CCCCC4)N2C2=C1C(=O)CC(C)(C)C2. The van der Waals surface area contributed by atoms with Gasteiger partial charge in [-0.05, 0) is 61.1 Å². The lowest BCUT2D eigenvalue weighted by atomic mass is 9.68. The van der Waals surface area contributed by atoms with Gasteiger partial charge in [0.25, 0.3) is 5.91 Å². The Labute approximate surface area is 210 Å². The van der Waals surface area contributed by atoms with Crippen molar-refractivity contribution in [3.63, 3.8) is 0 Å². The number of nitrogens with zero attached hydrogens (tertiary/aromatic N) is 2. The van der Waals surface area contributed by atoms with Gasteiger partial charge in [-0.25, -0.2) is 0 Å². The minimum Gasteiger partial charge on any atom is -0.307 e. The fourth-order valence-corrected chi connectivity index (χ4v) is 7.76. The molecule has 0 saturated heterocycles. The van der Waals surface area contributed by atoms with Crippen LogP contribution in [0.15, 0.2) is 46.9 Å². The lowest BCUT2D eigenvalue weighted by Crippen LogP contribution is -2.47. The second-order valence-electron chi connectivity index (χ2n) is 11.0. The summed E-state index contributed by atoms with van der Waals surface area (Å²) in [5.41, 5.74) is 5.85. The standard InChI is InChI=1S/C29H29N3O2S/c1-16-9-7-8-10-17(16)23-19(15-30)26-31-27(34)24-18-11-5-4-6-12-22(18)35-28(24)32(26)20-13-29(2,3)14-21(33)25(20)23/h7-10,23H,4-6,11-14H2,1-3H3,(H,31,34)/t23-/m0/s1. The molecule has 1 aromatic heterocycles. The van der Waals surface area contributed by atoms with E-state index in [9.17, 15) is 14.9 Å². The molecule has 0 fully saturated rings. The molecule has 1 aromatic carbocycles. The second kappa shape index (κ2) is 7.93. The zero-order valence-corrected chi connectivity index (χ0v) is 21.3. The van der Waals surface area contributed by atoms with Gasteiger partial charge in [-0.15, -0.1) is 11.3 Å². The Morgan fingerprint density at radius 3 is 2.66 bits per heavy atom. The van der Waals surface area contributed by atoms with Gasteiger partial charge in [0.05, 0.1) is 23.1 Å². The van der Waals surface area contributed by atoms with Gasteiger partial charge in [-0.2, -0.15) is 5.26 Å². The molecule has 1 N–H and O–H groups in total. The number of amides is 1. The van der Waals surface area contributed by atoms with Crippen LogP contribution in [0.25, 0.3) is 0 Å². The number of allylic oxidation sites excluding steroid dienone is 3. The molecule has 0 radical (unpaired) electrons. The number of fused-ring (bicyclic) bond motifs is 6. The normalized spacial score (nSPS) is 23.0. The maximum Gasteiger partial charge on any atom is 0.260 e. The van der Waals surface area contributed by atoms with Crippen LogP contribution < -0.4 is 10.2 Å². The summed E-state index contributed by atoms with van der Waals surface area (Å²) < 4.78 is 0. The lowest BCUT2D eigenvalue weighted by Gasteiger charge is -2.45. The number of carbonyl (C=O) groups is 2. The monoisotopic (exact) mass is 483 g/mol. The highest BCUT2D eigenvalue weighted by molar-refractivity contribution is 7.17. The van der Waals surface area contributed by atoms with E-state index in [1.54, 1.807) is 11.3 Å². The Balaban J connectivity index is 1.65. The zero-order valence-electron chi connectivity index (χ0n) is 20.5. The molecule has 0 saturated carbocycles. The minimum atomic E-state index is -0.467. The first-order chi connectivity index (χ1) is 16.8. The molecular weight excluding hydrogens is 454 g/mol. The number of benzene rings is 1. The van der Waals surface area contributed by atoms with Crippen LogP contribution in [0.5, 0.6) is 0 Å². The number of hydrogen-bond acceptors (Lipinski definition) is 5. The van der Waals surface area contributed by atoms with Crippen LogP contribution in [-0.2, 0) is 17.6 Å². The van der Waals surface area contributed by atoms with Crippen LogP contribution in [0.1, 0.15) is 83.8 Å². The third-order valence-corrected chi connectivity index (χ3v) is 9.18. The lowest BCUT2D eigenvalue weighted by molar-refractivity contribution is -0.118. The van der Waals surface area contributed by atoms with Crippen LogP contribution in [0.4, 0.5) is 5.00 Å². The summed E-state index contributed by atoms with van der Waals surface area (Å²) in [6.45, 7) is 6.29. The summed E-state index contributed by atoms with van der Waals surface area (Å²) in [6, 6.07) is 10.4. The first-order valence-electron chi connectivity index (χ1n) is 12.5. The molecule has 2 aromatic rings. The highest BCUT2D eigenvalue weighted by Crippen LogP contribution is 2.54. The van der Waals surface area contributed by atoms with Gasteiger partial charge in [0.2, 0.25) is 0 Å². The quantitative estimate of drug-likeness (QED) is 0.501. The first-order valence-corrected chi connectivity index (χ1v) is 13.3. The van der Waals surface area contributed by atoms with E-state index in [-0.39, 0.29) is 17.1 Å². The maximum atomic E-state index is 13.8. The molecule has 35 heavy (non-hydrogen) atoms. The number of Topliss-reactive ketones (excluding diaryl/α,β-unsaturated/α-hetero) is 1. The maximum absolute atomic E-state index is 13.8. The molecule has 0 spiro atoms. The predicted molar refractivity (Wildman–Crippen MR) is 137 cm³/mol. The van der Waals surface area contributed by atoms with E-state index in [0.29, 0.717) is 17.8 Å². The van der Waals surface area contributed by atoms with Crippen molar-refractivity contribution in [1.82, 2.24) is 5.32 Å². The number of thiophene rings is 1. The van der Waals surface area contributed by atoms with Crippen molar-refractivity contribution in [2.24, 2.45) is 5.41 Å². The Bertz CT molecular complexity index is 1400. The van der Waals surface area contributed by atoms with Crippen molar-refractivity contribution in [3.8, 4) is 6.07 Å². The minimum absolute atomic E-state index is 0.105. The fraction of sp³-hybridized carbons (Fsp3) is 0.414. The number of nitriles is 1. The molecule has 3 heterocycles. The van der Waals surface area contributed by atoms with Crippen LogP contribution in [0, 0.1) is 23.7 Å². The molecule has 178 valence electrons. The highest BCUT2D eigenvalue weighted by Gasteiger charge is 2.48. The third kappa shape index (κ3) is 3.32. The summed E-state index contributed by atoms with van der Waals surface area (Å²) in [5.74, 6) is 0.0600. The molecule has 2 aliphatic heterocycles. The number of nitrogens with one attached hydrogen (secondary N) is 1. The predicted octanol–water partition coefficient (Wildman–Crippen LogP) is 6.05. The van der Waals surface area contributed by atoms with E-state index in [2.05, 4.69) is 30.1 Å². The summed E-state index contributed by atoms with van der Waals surface area (Å²) >= 11 is 1.69. The average Bonchev–Trinajstić information content (AvgIpc) is 3.01. The van der Waals surface area contributed by atoms with Crippen molar-refractivity contribution >= 4 is 28.0 Å². The largest absolute Gasteiger partial charge is 0.307 e. The Morgan fingerprint density at radius 2 is 1.89 bits per heavy atom. The molecule has 5 nitrogen and oxygen atoms in total. The Morgan fingerprint density at radius 1 is 1.11 bits per heavy atom. The summed E-state index contributed by atoms with van der Waals surface area (Å²) in [6.07, 6.45) is 6.47. The van der Waals surface area contributed by atoms with E-state index in [4.69, 9.17) is 0 Å². The van der Waals surface area contributed by atoms with E-state index < -0.39 is 5.92 Å². The van der Waals surface area contributed by atoms with Crippen molar-refractivity contribution in [2.75, 3.05) is 4.90 Å². The smallest absolute Gasteiger partial charge is 0.260 e. The van der Waals surface area contributed by atoms with Gasteiger partial charge in [0, 0.05) is 22.6 Å². The summed E-state index contributed by atoms with van der Waals surface area (Å²) in [5, 5.41) is 14.5. The van der Waals surface area contributed by atoms with Crippen LogP contribution in [0.3, 0.4) is 0 Å². The summed E-state index contributed by atoms with van der Waals surface area (Å²) in [4.78, 5) is 30.7. The molecule has 6 heteroatoms. The molecule has 0 bridgehead atoms. The first kappa shape index (κ1) is 22.3. The number of ketones is 1. The van der Waals surface area contributed by atoms with Crippen molar-refractivity contribution in [3.05, 3.63) is 74.1 Å². The van der Waals surface area contributed by atoms with Crippen molar-refractivity contribution in [1.29, 1.82) is 5.26 Å². The molecule has 0 unspecified atom stereocenters. The number of aryl methyl sites for hydroxylation is 2. The third-order valence-electron chi connectivity index (χ3n) is 7.91. The van der Waals surface area contributed by atoms with Crippen molar-refractivity contribution < 1.29 is 9.59 Å². The van der Waals surface area contributed by atoms with Gasteiger partial charge in [-0.3, -0.25) is 14.5 Å². The van der Waals surface area contributed by atoms with Crippen LogP contribution in [-0.4, -0.2) is 11.7 Å². The number of hydrogen-bond donors (Lipinski definition) is 1. The fourth-order valence-electron chi connectivity index (χ4n) is 6.34. The number of anilines is 1. The van der Waals surface area contributed by atoms with E-state index >= 15 is 0 Å². The van der Waals surface area contributed by atoms with Gasteiger partial charge < -0.3 is 5.32 Å². The molecule has 1 atom stereocenters. The van der Waals surface area contributed by atoms with E-state index in [1.165, 1.54) is 16.9 Å². The average molecular weight is 484 g/mol. The molecule has 6 rings (SSSR count). The molecule has 2 aliphatic carbocycles. The molecule has 1 amide bonds. The molecule has 4 aliphatic rings. The van der Waals surface area contributed by atoms with Gasteiger partial charge in [0.1, 0.15) is 10.8 Å². The van der Waals surface area contributed by atoms with E-state index in [1.807, 2.05) is 31.2 Å². The number of carbonyl (C=O) groups excluding carboxylic acids is 2. The van der Waals surface area contributed by atoms with Crippen LogP contribution >= 0.6 is 11.3 Å². The van der Waals surface area contributed by atoms with Gasteiger partial charge >= 0.3 is 0 Å². The second-order valence-corrected chi connectivity index (χ2v) is 12.1. The summed E-state index contributed by atoms with van der Waals surface area (Å²) in [7, 11) is 0. The number of rotatable bonds is 1. The molecular formula is C29H29N3O2S. The van der Waals surface area contributed by atoms with Gasteiger partial charge in [0.15, 0.2) is 5.78 Å². The van der Waals surface area contributed by atoms with Crippen LogP contribution in [0.2, 0.25) is 0 Å². The highest BCUT2D eigenvalue weighted by atomic mass is 32.1. The van der Waals surface area contributed by atoms with Crippen molar-refractivity contribution in [2.45, 2.75) is 71.6 Å². The zero-order chi connectivity index (χ0) is 24.5. The van der Waals surface area contributed by atoms with Gasteiger partial charge in [-0.1, -0.05) is 44.5 Å².